The fourth-order valence-corrected chi connectivity index (χ4v) is 7.98. The summed E-state index contributed by atoms with van der Waals surface area (Å²) in [5.41, 5.74) is 5.82. The van der Waals surface area contributed by atoms with Crippen LogP contribution in [0.15, 0.2) is 119 Å². The summed E-state index contributed by atoms with van der Waals surface area (Å²) < 4.78 is 36.0. The molecule has 0 unspecified atom stereocenters. The van der Waals surface area contributed by atoms with E-state index in [-0.39, 0.29) is 17.2 Å². The second-order valence-electron chi connectivity index (χ2n) is 11.6. The number of rotatable bonds is 9. The number of para-hydroxylation sites is 2. The maximum Gasteiger partial charge on any atom is 0.243 e. The molecule has 0 radical (unpaired) electrons. The molecule has 0 bridgehead atoms. The number of anilines is 4. The molecule has 8 nitrogen and oxygen atoms in total. The van der Waals surface area contributed by atoms with Gasteiger partial charge in [-0.15, -0.1) is 0 Å². The van der Waals surface area contributed by atoms with Crippen molar-refractivity contribution < 1.29 is 18.4 Å². The molecule has 0 aliphatic carbocycles. The number of oxime groups is 1. The molecule has 0 spiro atoms. The number of benzene rings is 5. The number of halogens is 2. The van der Waals surface area contributed by atoms with E-state index in [4.69, 9.17) is 27.9 Å². The van der Waals surface area contributed by atoms with Gasteiger partial charge in [0.15, 0.2) is 0 Å². The SMILES string of the molecule is C/C(CN(C)S(=O)(=O)c1ccccc1C1c2ccc(N(C)c3ccccc3Cl)cc2Oc2cc(N(C)c3ccccc3Cl)ccc21)=N\O. The summed E-state index contributed by atoms with van der Waals surface area (Å²) in [7, 11) is 1.34. The second-order valence-corrected chi connectivity index (χ2v) is 14.5. The van der Waals surface area contributed by atoms with Gasteiger partial charge in [-0.25, -0.2) is 8.42 Å². The van der Waals surface area contributed by atoms with Crippen LogP contribution in [0.25, 0.3) is 0 Å². The molecule has 0 saturated heterocycles. The first-order valence-electron chi connectivity index (χ1n) is 15.2. The van der Waals surface area contributed by atoms with Crippen molar-refractivity contribution in [2.75, 3.05) is 37.5 Å². The fraction of sp³-hybridized carbons (Fsp3) is 0.162. The molecule has 1 heterocycles. The van der Waals surface area contributed by atoms with Crippen LogP contribution in [0.1, 0.15) is 29.5 Å². The summed E-state index contributed by atoms with van der Waals surface area (Å²) in [6.07, 6.45) is 0. The minimum atomic E-state index is -4.00. The minimum Gasteiger partial charge on any atom is -0.457 e. The highest BCUT2D eigenvalue weighted by atomic mass is 35.5. The Morgan fingerprint density at radius 3 is 1.71 bits per heavy atom. The predicted molar refractivity (Wildman–Crippen MR) is 194 cm³/mol. The first kappa shape index (κ1) is 33.4. The van der Waals surface area contributed by atoms with E-state index >= 15 is 0 Å². The van der Waals surface area contributed by atoms with Crippen LogP contribution >= 0.6 is 23.2 Å². The van der Waals surface area contributed by atoms with Crippen LogP contribution in [0.4, 0.5) is 22.7 Å². The van der Waals surface area contributed by atoms with Gasteiger partial charge in [-0.3, -0.25) is 0 Å². The zero-order valence-electron chi connectivity index (χ0n) is 26.8. The van der Waals surface area contributed by atoms with Crippen molar-refractivity contribution in [1.82, 2.24) is 4.31 Å². The first-order chi connectivity index (χ1) is 23.0. The number of fused-ring (bicyclic) bond motifs is 2. The summed E-state index contributed by atoms with van der Waals surface area (Å²) in [5, 5.41) is 13.6. The van der Waals surface area contributed by atoms with E-state index in [0.717, 1.165) is 33.9 Å². The van der Waals surface area contributed by atoms with Crippen LogP contribution in [-0.2, 0) is 10.0 Å². The highest BCUT2D eigenvalue weighted by Crippen LogP contribution is 2.51. The zero-order chi connectivity index (χ0) is 34.2. The standard InChI is InChI=1S/C37H34Cl2N4O4S/c1-24(40-44)23-41(2)48(45,46)36-16-10-5-11-29(36)37-27-19-17-25(42(3)32-14-8-6-12-30(32)38)21-34(27)47-35-22-26(18-20-28(35)37)43(4)33-15-9-7-13-31(33)39/h5-22,37,44H,23H2,1-4H3/b40-24+. The smallest absolute Gasteiger partial charge is 0.243 e. The van der Waals surface area contributed by atoms with E-state index in [1.165, 1.54) is 11.4 Å². The monoisotopic (exact) mass is 700 g/mol. The third-order valence-electron chi connectivity index (χ3n) is 8.58. The van der Waals surface area contributed by atoms with Gasteiger partial charge in [-0.05, 0) is 55.0 Å². The molecule has 0 saturated carbocycles. The molecule has 0 amide bonds. The van der Waals surface area contributed by atoms with E-state index in [0.29, 0.717) is 27.1 Å². The summed E-state index contributed by atoms with van der Waals surface area (Å²) >= 11 is 13.1. The Labute approximate surface area is 291 Å². The first-order valence-corrected chi connectivity index (χ1v) is 17.4. The highest BCUT2D eigenvalue weighted by molar-refractivity contribution is 7.89. The van der Waals surface area contributed by atoms with Crippen LogP contribution in [0.3, 0.4) is 0 Å². The third kappa shape index (κ3) is 6.22. The lowest BCUT2D eigenvalue weighted by Gasteiger charge is -2.32. The molecule has 1 aliphatic rings. The van der Waals surface area contributed by atoms with Crippen LogP contribution in [-0.4, -0.2) is 51.3 Å². The van der Waals surface area contributed by atoms with Crippen molar-refractivity contribution in [3.8, 4) is 11.5 Å². The predicted octanol–water partition coefficient (Wildman–Crippen LogP) is 9.29. The molecule has 11 heteroatoms. The van der Waals surface area contributed by atoms with Crippen LogP contribution in [0, 0.1) is 0 Å². The number of hydrogen-bond donors (Lipinski definition) is 1. The topological polar surface area (TPSA) is 85.7 Å². The van der Waals surface area contributed by atoms with Crippen molar-refractivity contribution in [3.05, 3.63) is 136 Å². The molecule has 5 aromatic rings. The normalized spacial score (nSPS) is 13.1. The molecular weight excluding hydrogens is 667 g/mol. The quantitative estimate of drug-likeness (QED) is 0.0919. The minimum absolute atomic E-state index is 0.0659. The third-order valence-corrected chi connectivity index (χ3v) is 11.1. The Bertz CT molecular complexity index is 2040. The molecular formula is C37H34Cl2N4O4S. The number of ether oxygens (including phenoxy) is 1. The van der Waals surface area contributed by atoms with E-state index in [9.17, 15) is 13.6 Å². The van der Waals surface area contributed by atoms with E-state index < -0.39 is 15.9 Å². The largest absolute Gasteiger partial charge is 0.457 e. The van der Waals surface area contributed by atoms with Crippen molar-refractivity contribution >= 4 is 61.7 Å². The Morgan fingerprint density at radius 1 is 0.729 bits per heavy atom. The van der Waals surface area contributed by atoms with Gasteiger partial charge in [0, 0.05) is 61.7 Å². The Balaban J connectivity index is 1.52. The summed E-state index contributed by atoms with van der Waals surface area (Å²) in [6, 6.07) is 34.0. The molecule has 246 valence electrons. The zero-order valence-corrected chi connectivity index (χ0v) is 29.1. The van der Waals surface area contributed by atoms with E-state index in [1.807, 2.05) is 121 Å². The number of sulfonamides is 1. The van der Waals surface area contributed by atoms with Crippen molar-refractivity contribution in [2.45, 2.75) is 17.7 Å². The molecule has 5 aromatic carbocycles. The van der Waals surface area contributed by atoms with Crippen LogP contribution in [0.5, 0.6) is 11.5 Å². The van der Waals surface area contributed by atoms with Gasteiger partial charge in [0.1, 0.15) is 11.5 Å². The van der Waals surface area contributed by atoms with Crippen molar-refractivity contribution in [1.29, 1.82) is 0 Å². The highest BCUT2D eigenvalue weighted by Gasteiger charge is 2.35. The average Bonchev–Trinajstić information content (AvgIpc) is 3.09. The van der Waals surface area contributed by atoms with Gasteiger partial charge in [-0.1, -0.05) is 83.0 Å². The van der Waals surface area contributed by atoms with Crippen molar-refractivity contribution in [2.24, 2.45) is 5.16 Å². The average molecular weight is 702 g/mol. The molecule has 0 fully saturated rings. The summed E-state index contributed by atoms with van der Waals surface area (Å²) in [5.74, 6) is 0.686. The lowest BCUT2D eigenvalue weighted by Crippen LogP contribution is -2.32. The molecule has 1 aliphatic heterocycles. The van der Waals surface area contributed by atoms with Crippen LogP contribution < -0.4 is 14.5 Å². The molecule has 6 rings (SSSR count). The lowest BCUT2D eigenvalue weighted by atomic mass is 9.82. The maximum atomic E-state index is 14.1. The van der Waals surface area contributed by atoms with E-state index in [1.54, 1.807) is 19.1 Å². The van der Waals surface area contributed by atoms with Gasteiger partial charge >= 0.3 is 0 Å². The Morgan fingerprint density at radius 2 is 1.21 bits per heavy atom. The summed E-state index contributed by atoms with van der Waals surface area (Å²) in [6.45, 7) is 1.50. The molecule has 0 aromatic heterocycles. The lowest BCUT2D eigenvalue weighted by molar-refractivity contribution is 0.316. The van der Waals surface area contributed by atoms with E-state index in [2.05, 4.69) is 5.16 Å². The van der Waals surface area contributed by atoms with Crippen LogP contribution in [0.2, 0.25) is 10.0 Å². The van der Waals surface area contributed by atoms with Crippen molar-refractivity contribution in [3.63, 3.8) is 0 Å². The maximum absolute atomic E-state index is 14.1. The number of nitrogens with zero attached hydrogens (tertiary/aromatic N) is 4. The number of hydrogen-bond acceptors (Lipinski definition) is 7. The van der Waals surface area contributed by atoms with Gasteiger partial charge in [-0.2, -0.15) is 4.31 Å². The Hall–Kier alpha value is -4.54. The Kier molecular flexibility index (Phi) is 9.40. The van der Waals surface area contributed by atoms with Gasteiger partial charge < -0.3 is 19.7 Å². The molecule has 0 atom stereocenters. The fourth-order valence-electron chi connectivity index (χ4n) is 6.02. The second kappa shape index (κ2) is 13.5. The summed E-state index contributed by atoms with van der Waals surface area (Å²) in [4.78, 5) is 4.11. The van der Waals surface area contributed by atoms with Gasteiger partial charge in [0.25, 0.3) is 0 Å². The van der Waals surface area contributed by atoms with Gasteiger partial charge in [0.05, 0.1) is 38.6 Å². The molecule has 48 heavy (non-hydrogen) atoms. The molecule has 1 N–H and O–H groups in total. The van der Waals surface area contributed by atoms with Gasteiger partial charge in [0.2, 0.25) is 10.0 Å².